The zero-order valence-electron chi connectivity index (χ0n) is 12.2. The van der Waals surface area contributed by atoms with Crippen molar-refractivity contribution < 1.29 is 9.59 Å². The van der Waals surface area contributed by atoms with Gasteiger partial charge in [-0.25, -0.2) is 0 Å². The first-order valence-electron chi connectivity index (χ1n) is 6.69. The van der Waals surface area contributed by atoms with Crippen molar-refractivity contribution in [2.45, 2.75) is 11.8 Å². The molecule has 0 saturated carbocycles. The summed E-state index contributed by atoms with van der Waals surface area (Å²) in [6.45, 7) is 1.45. The summed E-state index contributed by atoms with van der Waals surface area (Å²) in [6, 6.07) is 12.2. The van der Waals surface area contributed by atoms with Gasteiger partial charge in [-0.1, -0.05) is 23.2 Å². The molecule has 2 aromatic rings. The minimum Gasteiger partial charge on any atom is -0.326 e. The molecule has 2 aromatic carbocycles. The average Bonchev–Trinajstić information content (AvgIpc) is 2.49. The number of amides is 2. The molecule has 0 saturated heterocycles. The highest BCUT2D eigenvalue weighted by Crippen LogP contribution is 2.26. The molecule has 0 atom stereocenters. The van der Waals surface area contributed by atoms with Crippen molar-refractivity contribution in [3.05, 3.63) is 52.5 Å². The lowest BCUT2D eigenvalue weighted by atomic mass is 10.3. The minimum atomic E-state index is -0.162. The highest BCUT2D eigenvalue weighted by molar-refractivity contribution is 8.00. The van der Waals surface area contributed by atoms with E-state index in [1.165, 1.54) is 18.7 Å². The van der Waals surface area contributed by atoms with Crippen LogP contribution in [0.2, 0.25) is 10.0 Å². The second-order valence-corrected chi connectivity index (χ2v) is 6.56. The van der Waals surface area contributed by atoms with Gasteiger partial charge in [-0.15, -0.1) is 11.8 Å². The maximum absolute atomic E-state index is 12.0. The van der Waals surface area contributed by atoms with Gasteiger partial charge < -0.3 is 10.6 Å². The highest BCUT2D eigenvalue weighted by Gasteiger charge is 2.07. The monoisotopic (exact) mass is 368 g/mol. The third-order valence-corrected chi connectivity index (χ3v) is 4.31. The summed E-state index contributed by atoms with van der Waals surface area (Å²) in [5.74, 6) is -0.0342. The largest absolute Gasteiger partial charge is 0.326 e. The normalized spacial score (nSPS) is 10.2. The van der Waals surface area contributed by atoms with E-state index in [9.17, 15) is 9.59 Å². The van der Waals surface area contributed by atoms with Crippen LogP contribution in [0.1, 0.15) is 6.92 Å². The third kappa shape index (κ3) is 5.78. The second kappa shape index (κ2) is 8.24. The Morgan fingerprint density at radius 2 is 1.74 bits per heavy atom. The summed E-state index contributed by atoms with van der Waals surface area (Å²) in [6.07, 6.45) is 0. The van der Waals surface area contributed by atoms with Gasteiger partial charge in [-0.2, -0.15) is 0 Å². The van der Waals surface area contributed by atoms with Crippen LogP contribution in [0.5, 0.6) is 0 Å². The van der Waals surface area contributed by atoms with Gasteiger partial charge in [0.15, 0.2) is 0 Å². The summed E-state index contributed by atoms with van der Waals surface area (Å²) in [7, 11) is 0. The van der Waals surface area contributed by atoms with E-state index in [0.717, 1.165) is 10.6 Å². The first-order valence-corrected chi connectivity index (χ1v) is 8.43. The van der Waals surface area contributed by atoms with Crippen LogP contribution >= 0.6 is 35.0 Å². The summed E-state index contributed by atoms with van der Waals surface area (Å²) in [5, 5.41) is 6.34. The van der Waals surface area contributed by atoms with Gasteiger partial charge >= 0.3 is 0 Å². The van der Waals surface area contributed by atoms with Crippen LogP contribution in [0, 0.1) is 0 Å². The summed E-state index contributed by atoms with van der Waals surface area (Å²) >= 11 is 13.2. The van der Waals surface area contributed by atoms with Gasteiger partial charge in [0.1, 0.15) is 0 Å². The van der Waals surface area contributed by atoms with E-state index in [0.29, 0.717) is 15.7 Å². The third-order valence-electron chi connectivity index (χ3n) is 2.75. The van der Waals surface area contributed by atoms with Crippen molar-refractivity contribution in [1.29, 1.82) is 0 Å². The van der Waals surface area contributed by atoms with E-state index in [4.69, 9.17) is 23.2 Å². The standard InChI is InChI=1S/C16H14Cl2N2O2S/c1-10(21)19-12-3-5-13(6-4-12)23-9-16(22)20-15-7-2-11(17)8-14(15)18/h2-8H,9H2,1H3,(H,19,21)(H,20,22). The highest BCUT2D eigenvalue weighted by atomic mass is 35.5. The van der Waals surface area contributed by atoms with Crippen LogP contribution < -0.4 is 10.6 Å². The molecule has 0 aliphatic heterocycles. The number of anilines is 2. The molecule has 120 valence electrons. The number of hydrogen-bond donors (Lipinski definition) is 2. The van der Waals surface area contributed by atoms with Crippen molar-refractivity contribution in [3.63, 3.8) is 0 Å². The SMILES string of the molecule is CC(=O)Nc1ccc(SCC(=O)Nc2ccc(Cl)cc2Cl)cc1. The molecule has 7 heteroatoms. The number of halogens is 2. The Kier molecular flexibility index (Phi) is 6.33. The molecule has 0 aliphatic carbocycles. The van der Waals surface area contributed by atoms with Crippen molar-refractivity contribution in [3.8, 4) is 0 Å². The smallest absolute Gasteiger partial charge is 0.234 e. The summed E-state index contributed by atoms with van der Waals surface area (Å²) < 4.78 is 0. The molecule has 4 nitrogen and oxygen atoms in total. The Bertz CT molecular complexity index is 721. The molecule has 0 radical (unpaired) electrons. The predicted octanol–water partition coefficient (Wildman–Crippen LogP) is 4.68. The quantitative estimate of drug-likeness (QED) is 0.753. The molecular formula is C16H14Cl2N2O2S. The topological polar surface area (TPSA) is 58.2 Å². The number of carbonyl (C=O) groups excluding carboxylic acids is 2. The molecule has 0 spiro atoms. The van der Waals surface area contributed by atoms with E-state index in [1.807, 2.05) is 12.1 Å². The van der Waals surface area contributed by atoms with Crippen LogP contribution in [0.25, 0.3) is 0 Å². The van der Waals surface area contributed by atoms with Gasteiger partial charge in [-0.3, -0.25) is 9.59 Å². The van der Waals surface area contributed by atoms with E-state index < -0.39 is 0 Å². The zero-order valence-corrected chi connectivity index (χ0v) is 14.6. The van der Waals surface area contributed by atoms with Gasteiger partial charge in [0.05, 0.1) is 16.5 Å². The minimum absolute atomic E-state index is 0.121. The summed E-state index contributed by atoms with van der Waals surface area (Å²) in [4.78, 5) is 23.8. The second-order valence-electron chi connectivity index (χ2n) is 4.67. The summed E-state index contributed by atoms with van der Waals surface area (Å²) in [5.41, 5.74) is 1.25. The van der Waals surface area contributed by atoms with Gasteiger partial charge in [0, 0.05) is 22.5 Å². The maximum atomic E-state index is 12.0. The van der Waals surface area contributed by atoms with Crippen LogP contribution in [-0.2, 0) is 9.59 Å². The van der Waals surface area contributed by atoms with Crippen LogP contribution in [-0.4, -0.2) is 17.6 Å². The molecule has 0 unspecified atom stereocenters. The Morgan fingerprint density at radius 3 is 2.35 bits per heavy atom. The lowest BCUT2D eigenvalue weighted by Crippen LogP contribution is -2.14. The first-order chi connectivity index (χ1) is 10.9. The van der Waals surface area contributed by atoms with Crippen molar-refractivity contribution in [1.82, 2.24) is 0 Å². The van der Waals surface area contributed by atoms with Crippen molar-refractivity contribution in [2.24, 2.45) is 0 Å². The van der Waals surface area contributed by atoms with E-state index in [1.54, 1.807) is 30.3 Å². The fourth-order valence-corrected chi connectivity index (χ4v) is 2.92. The van der Waals surface area contributed by atoms with Crippen molar-refractivity contribution in [2.75, 3.05) is 16.4 Å². The Morgan fingerprint density at radius 1 is 1.04 bits per heavy atom. The predicted molar refractivity (Wildman–Crippen MR) is 96.6 cm³/mol. The zero-order chi connectivity index (χ0) is 16.8. The van der Waals surface area contributed by atoms with Gasteiger partial charge in [-0.05, 0) is 42.5 Å². The molecular weight excluding hydrogens is 355 g/mol. The van der Waals surface area contributed by atoms with E-state index in [-0.39, 0.29) is 17.6 Å². The first kappa shape index (κ1) is 17.7. The maximum Gasteiger partial charge on any atom is 0.234 e. The number of hydrogen-bond acceptors (Lipinski definition) is 3. The van der Waals surface area contributed by atoms with Crippen LogP contribution in [0.3, 0.4) is 0 Å². The lowest BCUT2D eigenvalue weighted by Gasteiger charge is -2.08. The lowest BCUT2D eigenvalue weighted by molar-refractivity contribution is -0.114. The Hall–Kier alpha value is -1.69. The molecule has 2 N–H and O–H groups in total. The van der Waals surface area contributed by atoms with Gasteiger partial charge in [0.25, 0.3) is 0 Å². The van der Waals surface area contributed by atoms with Crippen LogP contribution in [0.15, 0.2) is 47.4 Å². The molecule has 0 heterocycles. The molecule has 0 aliphatic rings. The number of thioether (sulfide) groups is 1. The molecule has 0 fully saturated rings. The van der Waals surface area contributed by atoms with E-state index in [2.05, 4.69) is 10.6 Å². The molecule has 0 bridgehead atoms. The molecule has 0 aromatic heterocycles. The fourth-order valence-electron chi connectivity index (χ4n) is 1.76. The van der Waals surface area contributed by atoms with Gasteiger partial charge in [0.2, 0.25) is 11.8 Å². The molecule has 2 rings (SSSR count). The average molecular weight is 369 g/mol. The van der Waals surface area contributed by atoms with E-state index >= 15 is 0 Å². The number of benzene rings is 2. The Balaban J connectivity index is 1.87. The Labute approximate surface area is 148 Å². The molecule has 23 heavy (non-hydrogen) atoms. The molecule has 2 amide bonds. The fraction of sp³-hybridized carbons (Fsp3) is 0.125. The van der Waals surface area contributed by atoms with Crippen molar-refractivity contribution >= 4 is 58.2 Å². The number of nitrogens with one attached hydrogen (secondary N) is 2. The van der Waals surface area contributed by atoms with Crippen LogP contribution in [0.4, 0.5) is 11.4 Å². The number of rotatable bonds is 5. The number of carbonyl (C=O) groups is 2.